The maximum atomic E-state index is 10.6. The molecular weight excluding hydrogens is 190 g/mol. The zero-order chi connectivity index (χ0) is 10.4. The molecule has 0 radical (unpaired) electrons. The van der Waals surface area contributed by atoms with Crippen LogP contribution in [-0.4, -0.2) is 28.0 Å². The number of amides is 1. The predicted molar refractivity (Wildman–Crippen MR) is 52.5 cm³/mol. The smallest absolute Gasteiger partial charge is 0.316 e. The van der Waals surface area contributed by atoms with Gasteiger partial charge in [0.25, 0.3) is 0 Å². The minimum atomic E-state index is -0.829. The molecule has 1 amide bonds. The van der Waals surface area contributed by atoms with Crippen molar-refractivity contribution in [1.82, 2.24) is 0 Å². The Bertz CT molecular complexity index is 196. The highest BCUT2D eigenvalue weighted by Crippen LogP contribution is 2.17. The Hall–Kier alpha value is -0.710. The summed E-state index contributed by atoms with van der Waals surface area (Å²) in [5, 5.41) is 8.26. The fraction of sp³-hybridized carbons (Fsp3) is 0.750. The summed E-state index contributed by atoms with van der Waals surface area (Å²) < 4.78 is 0. The number of carboxylic acids is 1. The summed E-state index contributed by atoms with van der Waals surface area (Å²) in [5.41, 5.74) is 5.04. The number of carbonyl (C=O) groups excluding carboxylic acids is 1. The molecule has 0 aromatic carbocycles. The first-order chi connectivity index (χ1) is 5.99. The van der Waals surface area contributed by atoms with Crippen LogP contribution in [-0.2, 0) is 9.59 Å². The molecule has 0 spiro atoms. The minimum absolute atomic E-state index is 0.265. The van der Waals surface area contributed by atoms with Crippen molar-refractivity contribution in [2.45, 2.75) is 25.5 Å². The van der Waals surface area contributed by atoms with E-state index in [-0.39, 0.29) is 11.8 Å². The number of primary amides is 1. The quantitative estimate of drug-likeness (QED) is 0.669. The van der Waals surface area contributed by atoms with Crippen LogP contribution in [0.3, 0.4) is 0 Å². The third-order valence-corrected chi connectivity index (χ3v) is 3.31. The van der Waals surface area contributed by atoms with Crippen LogP contribution in [0.15, 0.2) is 0 Å². The Morgan fingerprint density at radius 1 is 1.54 bits per heavy atom. The molecule has 0 aliphatic rings. The fourth-order valence-corrected chi connectivity index (χ4v) is 1.77. The molecule has 0 fully saturated rings. The number of hydrogen-bond acceptors (Lipinski definition) is 3. The van der Waals surface area contributed by atoms with Gasteiger partial charge in [0.05, 0.1) is 0 Å². The van der Waals surface area contributed by atoms with Gasteiger partial charge in [-0.25, -0.2) is 0 Å². The molecule has 0 aliphatic carbocycles. The van der Waals surface area contributed by atoms with Crippen molar-refractivity contribution in [1.29, 1.82) is 0 Å². The summed E-state index contributed by atoms with van der Waals surface area (Å²) in [7, 11) is 0. The standard InChI is InChI=1S/C8H15NO3S/c1-3-6(8(11)12)13-4-5(2)7(9)10/h5-6H,3-4H2,1-2H3,(H2,9,10)(H,11,12). The first kappa shape index (κ1) is 12.3. The average Bonchev–Trinajstić information content (AvgIpc) is 2.04. The van der Waals surface area contributed by atoms with Gasteiger partial charge >= 0.3 is 5.97 Å². The van der Waals surface area contributed by atoms with Crippen LogP contribution < -0.4 is 5.73 Å². The van der Waals surface area contributed by atoms with Crippen LogP contribution in [0, 0.1) is 5.92 Å². The molecule has 5 heteroatoms. The topological polar surface area (TPSA) is 80.4 Å². The molecule has 4 nitrogen and oxygen atoms in total. The zero-order valence-corrected chi connectivity index (χ0v) is 8.63. The van der Waals surface area contributed by atoms with Gasteiger partial charge in [-0.1, -0.05) is 13.8 Å². The van der Waals surface area contributed by atoms with Crippen LogP contribution in [0.4, 0.5) is 0 Å². The van der Waals surface area contributed by atoms with E-state index in [0.717, 1.165) is 0 Å². The van der Waals surface area contributed by atoms with Crippen LogP contribution in [0.5, 0.6) is 0 Å². The predicted octanol–water partition coefficient (Wildman–Crippen LogP) is 0.704. The third-order valence-electron chi connectivity index (χ3n) is 1.68. The normalized spacial score (nSPS) is 14.9. The molecule has 0 saturated heterocycles. The van der Waals surface area contributed by atoms with E-state index in [1.165, 1.54) is 11.8 Å². The number of thioether (sulfide) groups is 1. The molecular formula is C8H15NO3S. The Morgan fingerprint density at radius 3 is 2.38 bits per heavy atom. The maximum absolute atomic E-state index is 10.6. The summed E-state index contributed by atoms with van der Waals surface area (Å²) in [6, 6.07) is 0. The van der Waals surface area contributed by atoms with E-state index >= 15 is 0 Å². The van der Waals surface area contributed by atoms with E-state index in [1.54, 1.807) is 13.8 Å². The number of hydrogen-bond donors (Lipinski definition) is 2. The van der Waals surface area contributed by atoms with Crippen molar-refractivity contribution < 1.29 is 14.7 Å². The number of carboxylic acid groups (broad SMARTS) is 1. The summed E-state index contributed by atoms with van der Waals surface area (Å²) >= 11 is 1.27. The van der Waals surface area contributed by atoms with Gasteiger partial charge in [0.2, 0.25) is 5.91 Å². The van der Waals surface area contributed by atoms with E-state index in [4.69, 9.17) is 10.8 Å². The minimum Gasteiger partial charge on any atom is -0.480 e. The molecule has 0 aromatic heterocycles. The fourth-order valence-electron chi connectivity index (χ4n) is 0.706. The van der Waals surface area contributed by atoms with Crippen molar-refractivity contribution in [2.75, 3.05) is 5.75 Å². The summed E-state index contributed by atoms with van der Waals surface area (Å²) in [4.78, 5) is 21.2. The second-order valence-electron chi connectivity index (χ2n) is 2.87. The van der Waals surface area contributed by atoms with Crippen LogP contribution in [0.2, 0.25) is 0 Å². The second-order valence-corrected chi connectivity index (χ2v) is 4.11. The first-order valence-electron chi connectivity index (χ1n) is 4.12. The molecule has 0 aliphatic heterocycles. The molecule has 3 N–H and O–H groups in total. The Morgan fingerprint density at radius 2 is 2.08 bits per heavy atom. The van der Waals surface area contributed by atoms with Crippen molar-refractivity contribution in [2.24, 2.45) is 11.7 Å². The Kier molecular flexibility index (Phi) is 5.53. The van der Waals surface area contributed by atoms with Crippen LogP contribution in [0.1, 0.15) is 20.3 Å². The summed E-state index contributed by atoms with van der Waals surface area (Å²) in [5.74, 6) is -1.00. The van der Waals surface area contributed by atoms with E-state index < -0.39 is 11.2 Å². The van der Waals surface area contributed by atoms with Gasteiger partial charge in [-0.05, 0) is 6.42 Å². The van der Waals surface area contributed by atoms with Crippen molar-refractivity contribution in [3.63, 3.8) is 0 Å². The van der Waals surface area contributed by atoms with E-state index in [9.17, 15) is 9.59 Å². The lowest BCUT2D eigenvalue weighted by Crippen LogP contribution is -2.24. The van der Waals surface area contributed by atoms with Crippen molar-refractivity contribution in [3.05, 3.63) is 0 Å². The average molecular weight is 205 g/mol. The third kappa shape index (κ3) is 4.77. The van der Waals surface area contributed by atoms with Gasteiger partial charge in [-0.15, -0.1) is 11.8 Å². The highest BCUT2D eigenvalue weighted by atomic mass is 32.2. The van der Waals surface area contributed by atoms with Crippen LogP contribution >= 0.6 is 11.8 Å². The van der Waals surface area contributed by atoms with E-state index in [0.29, 0.717) is 12.2 Å². The van der Waals surface area contributed by atoms with Gasteiger partial charge in [-0.3, -0.25) is 9.59 Å². The zero-order valence-electron chi connectivity index (χ0n) is 7.82. The van der Waals surface area contributed by atoms with Crippen LogP contribution in [0.25, 0.3) is 0 Å². The Labute approximate surface area is 81.9 Å². The molecule has 0 saturated carbocycles. The van der Waals surface area contributed by atoms with Gasteiger partial charge in [0.15, 0.2) is 0 Å². The lowest BCUT2D eigenvalue weighted by molar-refractivity contribution is -0.136. The molecule has 0 aromatic rings. The van der Waals surface area contributed by atoms with Gasteiger partial charge in [0, 0.05) is 11.7 Å². The first-order valence-corrected chi connectivity index (χ1v) is 5.17. The summed E-state index contributed by atoms with van der Waals surface area (Å²) in [6.07, 6.45) is 0.561. The molecule has 2 unspecified atom stereocenters. The van der Waals surface area contributed by atoms with Gasteiger partial charge < -0.3 is 10.8 Å². The molecule has 0 rings (SSSR count). The highest BCUT2D eigenvalue weighted by Gasteiger charge is 2.18. The molecule has 13 heavy (non-hydrogen) atoms. The van der Waals surface area contributed by atoms with Gasteiger partial charge in [-0.2, -0.15) is 0 Å². The summed E-state index contributed by atoms with van der Waals surface area (Å²) in [6.45, 7) is 3.50. The number of carbonyl (C=O) groups is 2. The van der Waals surface area contributed by atoms with E-state index in [1.807, 2.05) is 0 Å². The maximum Gasteiger partial charge on any atom is 0.316 e. The molecule has 2 atom stereocenters. The largest absolute Gasteiger partial charge is 0.480 e. The van der Waals surface area contributed by atoms with Crippen molar-refractivity contribution >= 4 is 23.6 Å². The van der Waals surface area contributed by atoms with Crippen molar-refractivity contribution in [3.8, 4) is 0 Å². The number of nitrogens with two attached hydrogens (primary N) is 1. The SMILES string of the molecule is CCC(SCC(C)C(N)=O)C(=O)O. The lowest BCUT2D eigenvalue weighted by atomic mass is 10.2. The monoisotopic (exact) mass is 205 g/mol. The lowest BCUT2D eigenvalue weighted by Gasteiger charge is -2.11. The molecule has 0 bridgehead atoms. The van der Waals surface area contributed by atoms with Gasteiger partial charge in [0.1, 0.15) is 5.25 Å². The highest BCUT2D eigenvalue weighted by molar-refractivity contribution is 8.00. The Balaban J connectivity index is 3.85. The molecule has 0 heterocycles. The second kappa shape index (κ2) is 5.85. The number of rotatable bonds is 6. The molecule has 76 valence electrons. The number of aliphatic carboxylic acids is 1. The van der Waals surface area contributed by atoms with E-state index in [2.05, 4.69) is 0 Å².